The van der Waals surface area contributed by atoms with Crippen LogP contribution in [0.1, 0.15) is 12.8 Å². The number of morpholine rings is 1. The van der Waals surface area contributed by atoms with Crippen molar-refractivity contribution in [2.75, 3.05) is 45.1 Å². The van der Waals surface area contributed by atoms with Gasteiger partial charge in [0.2, 0.25) is 5.91 Å². The Hall–Kier alpha value is -2.07. The zero-order valence-corrected chi connectivity index (χ0v) is 18.8. The third-order valence-electron chi connectivity index (χ3n) is 5.14. The molecule has 1 aromatic carbocycles. The van der Waals surface area contributed by atoms with E-state index in [2.05, 4.69) is 20.2 Å². The van der Waals surface area contributed by atoms with Gasteiger partial charge in [0.1, 0.15) is 22.0 Å². The Bertz CT molecular complexity index is 1010. The van der Waals surface area contributed by atoms with Crippen molar-refractivity contribution in [2.24, 2.45) is 0 Å². The van der Waals surface area contributed by atoms with Crippen LogP contribution in [0.25, 0.3) is 21.3 Å². The average molecular weight is 461 g/mol. The number of carbonyl (C=O) groups excluding carboxylic acids is 1. The van der Waals surface area contributed by atoms with Crippen LogP contribution >= 0.6 is 23.1 Å². The predicted octanol–water partition coefficient (Wildman–Crippen LogP) is 3.82. The molecule has 0 spiro atoms. The third kappa shape index (κ3) is 6.00. The number of ether oxygens (including phenoxy) is 1. The Morgan fingerprint density at radius 1 is 1.23 bits per heavy atom. The number of nitrogens with zero attached hydrogens (tertiary/aromatic N) is 3. The second-order valence-electron chi connectivity index (χ2n) is 7.27. The summed E-state index contributed by atoms with van der Waals surface area (Å²) in [4.78, 5) is 24.3. The molecule has 0 unspecified atom stereocenters. The van der Waals surface area contributed by atoms with E-state index in [9.17, 15) is 9.18 Å². The van der Waals surface area contributed by atoms with Crippen LogP contribution in [0.15, 0.2) is 41.0 Å². The van der Waals surface area contributed by atoms with Gasteiger partial charge in [-0.3, -0.25) is 9.69 Å². The number of nitrogens with one attached hydrogen (secondary N) is 1. The van der Waals surface area contributed by atoms with Gasteiger partial charge in [0.15, 0.2) is 0 Å². The molecule has 1 fully saturated rings. The number of benzene rings is 1. The number of thiophene rings is 1. The topological polar surface area (TPSA) is 67.4 Å². The molecule has 2 aromatic heterocycles. The van der Waals surface area contributed by atoms with Crippen LogP contribution in [0.5, 0.6) is 0 Å². The van der Waals surface area contributed by atoms with Gasteiger partial charge in [-0.1, -0.05) is 12.1 Å². The number of halogens is 1. The summed E-state index contributed by atoms with van der Waals surface area (Å²) in [6, 6.07) is 6.45. The lowest BCUT2D eigenvalue weighted by Crippen LogP contribution is -2.38. The Morgan fingerprint density at radius 2 is 2.03 bits per heavy atom. The summed E-state index contributed by atoms with van der Waals surface area (Å²) < 4.78 is 18.6. The lowest BCUT2D eigenvalue weighted by Gasteiger charge is -2.26. The largest absolute Gasteiger partial charge is 0.379 e. The molecular formula is C22H25FN4O2S2. The van der Waals surface area contributed by atoms with Gasteiger partial charge in [0.05, 0.1) is 18.6 Å². The summed E-state index contributed by atoms with van der Waals surface area (Å²) in [5, 5.41) is 6.85. The first kappa shape index (κ1) is 22.1. The summed E-state index contributed by atoms with van der Waals surface area (Å²) >= 11 is 3.10. The summed E-state index contributed by atoms with van der Waals surface area (Å²) in [6.07, 6.45) is 2.94. The van der Waals surface area contributed by atoms with Gasteiger partial charge < -0.3 is 10.1 Å². The first-order valence-electron chi connectivity index (χ1n) is 10.4. The van der Waals surface area contributed by atoms with E-state index in [0.717, 1.165) is 65.6 Å². The number of hydrogen-bond donors (Lipinski definition) is 1. The molecule has 31 heavy (non-hydrogen) atoms. The first-order valence-corrected chi connectivity index (χ1v) is 12.2. The summed E-state index contributed by atoms with van der Waals surface area (Å²) in [5.74, 6) is 0.439. The second kappa shape index (κ2) is 11.0. The monoisotopic (exact) mass is 460 g/mol. The van der Waals surface area contributed by atoms with Crippen LogP contribution in [0, 0.1) is 5.82 Å². The zero-order chi connectivity index (χ0) is 21.5. The van der Waals surface area contributed by atoms with Crippen LogP contribution in [0.2, 0.25) is 0 Å². The molecule has 0 radical (unpaired) electrons. The lowest BCUT2D eigenvalue weighted by molar-refractivity contribution is -0.120. The Morgan fingerprint density at radius 3 is 2.84 bits per heavy atom. The SMILES string of the molecule is O=C(CCSc1ncnc2scc(-c3ccc(F)cc3)c12)NCCCN1CCOCC1. The molecule has 0 atom stereocenters. The molecular weight excluding hydrogens is 435 g/mol. The molecule has 3 heterocycles. The van der Waals surface area contributed by atoms with Crippen molar-refractivity contribution in [3.8, 4) is 11.1 Å². The molecule has 0 saturated carbocycles. The maximum Gasteiger partial charge on any atom is 0.220 e. The van der Waals surface area contributed by atoms with Crippen LogP contribution < -0.4 is 5.32 Å². The molecule has 6 nitrogen and oxygen atoms in total. The standard InChI is InChI=1S/C22H25FN4O2S2/c23-17-4-2-16(3-5-17)18-14-31-22-20(18)21(25-15-26-22)30-13-6-19(28)24-7-1-8-27-9-11-29-12-10-27/h2-5,14-15H,1,6-13H2,(H,24,28). The van der Waals surface area contributed by atoms with Crippen LogP contribution in [0.4, 0.5) is 4.39 Å². The molecule has 3 aromatic rings. The lowest BCUT2D eigenvalue weighted by atomic mass is 10.1. The zero-order valence-electron chi connectivity index (χ0n) is 17.2. The first-order chi connectivity index (χ1) is 15.2. The Balaban J connectivity index is 1.28. The summed E-state index contributed by atoms with van der Waals surface area (Å²) in [5.41, 5.74) is 1.93. The van der Waals surface area contributed by atoms with E-state index < -0.39 is 0 Å². The van der Waals surface area contributed by atoms with Crippen molar-refractivity contribution in [1.29, 1.82) is 0 Å². The van der Waals surface area contributed by atoms with E-state index in [1.54, 1.807) is 41.6 Å². The maximum atomic E-state index is 13.3. The van der Waals surface area contributed by atoms with Crippen molar-refractivity contribution in [3.05, 3.63) is 41.8 Å². The van der Waals surface area contributed by atoms with Crippen molar-refractivity contribution in [3.63, 3.8) is 0 Å². The number of fused-ring (bicyclic) bond motifs is 1. The fourth-order valence-electron chi connectivity index (χ4n) is 3.48. The van der Waals surface area contributed by atoms with Crippen molar-refractivity contribution < 1.29 is 13.9 Å². The summed E-state index contributed by atoms with van der Waals surface area (Å²) in [6.45, 7) is 5.22. The fourth-order valence-corrected chi connectivity index (χ4v) is 5.42. The number of amides is 1. The van der Waals surface area contributed by atoms with E-state index >= 15 is 0 Å². The van der Waals surface area contributed by atoms with Gasteiger partial charge in [-0.2, -0.15) is 0 Å². The molecule has 0 bridgehead atoms. The smallest absolute Gasteiger partial charge is 0.220 e. The maximum absolute atomic E-state index is 13.3. The predicted molar refractivity (Wildman–Crippen MR) is 123 cm³/mol. The highest BCUT2D eigenvalue weighted by molar-refractivity contribution is 7.99. The highest BCUT2D eigenvalue weighted by Gasteiger charge is 2.14. The van der Waals surface area contributed by atoms with Gasteiger partial charge >= 0.3 is 0 Å². The molecule has 0 aliphatic carbocycles. The van der Waals surface area contributed by atoms with Gasteiger partial charge in [0.25, 0.3) is 0 Å². The number of thioether (sulfide) groups is 1. The van der Waals surface area contributed by atoms with Crippen LogP contribution in [-0.2, 0) is 9.53 Å². The van der Waals surface area contributed by atoms with Gasteiger partial charge in [-0.15, -0.1) is 23.1 Å². The normalized spacial score (nSPS) is 14.7. The molecule has 164 valence electrons. The van der Waals surface area contributed by atoms with Gasteiger partial charge in [0, 0.05) is 42.8 Å². The number of rotatable bonds is 9. The molecule has 1 aliphatic heterocycles. The van der Waals surface area contributed by atoms with Crippen LogP contribution in [0.3, 0.4) is 0 Å². The minimum Gasteiger partial charge on any atom is -0.379 e. The molecule has 4 rings (SSSR count). The van der Waals surface area contributed by atoms with E-state index in [0.29, 0.717) is 18.7 Å². The molecule has 1 N–H and O–H groups in total. The molecule has 1 aliphatic rings. The quantitative estimate of drug-likeness (QED) is 0.298. The Labute approximate surface area is 189 Å². The molecule has 1 saturated heterocycles. The van der Waals surface area contributed by atoms with Crippen molar-refractivity contribution >= 4 is 39.2 Å². The second-order valence-corrected chi connectivity index (χ2v) is 9.21. The summed E-state index contributed by atoms with van der Waals surface area (Å²) in [7, 11) is 0. The highest BCUT2D eigenvalue weighted by Crippen LogP contribution is 2.37. The Kier molecular flexibility index (Phi) is 7.85. The van der Waals surface area contributed by atoms with Gasteiger partial charge in [-0.05, 0) is 30.7 Å². The van der Waals surface area contributed by atoms with Crippen molar-refractivity contribution in [2.45, 2.75) is 17.9 Å². The highest BCUT2D eigenvalue weighted by atomic mass is 32.2. The van der Waals surface area contributed by atoms with Crippen LogP contribution in [-0.4, -0.2) is 65.9 Å². The van der Waals surface area contributed by atoms with E-state index in [4.69, 9.17) is 4.74 Å². The minimum atomic E-state index is -0.259. The number of aromatic nitrogens is 2. The van der Waals surface area contributed by atoms with E-state index in [1.165, 1.54) is 12.1 Å². The number of hydrogen-bond acceptors (Lipinski definition) is 7. The number of carbonyl (C=O) groups is 1. The van der Waals surface area contributed by atoms with Crippen molar-refractivity contribution in [1.82, 2.24) is 20.2 Å². The van der Waals surface area contributed by atoms with E-state index in [-0.39, 0.29) is 11.7 Å². The molecule has 9 heteroatoms. The molecule has 1 amide bonds. The average Bonchev–Trinajstić information content (AvgIpc) is 3.23. The minimum absolute atomic E-state index is 0.0591. The fraction of sp³-hybridized carbons (Fsp3) is 0.409. The van der Waals surface area contributed by atoms with E-state index in [1.807, 2.05) is 5.38 Å². The van der Waals surface area contributed by atoms with Gasteiger partial charge in [-0.25, -0.2) is 14.4 Å². The third-order valence-corrected chi connectivity index (χ3v) is 7.01.